The van der Waals surface area contributed by atoms with E-state index < -0.39 is 34.4 Å². The smallest absolute Gasteiger partial charge is 0.426 e. The van der Waals surface area contributed by atoms with E-state index in [1.807, 2.05) is 0 Å². The summed E-state index contributed by atoms with van der Waals surface area (Å²) in [7, 11) is 0. The normalized spacial score (nSPS) is 30.1. The number of carbonyl (C=O) groups is 1. The van der Waals surface area contributed by atoms with Crippen LogP contribution in [-0.2, 0) is 4.79 Å². The van der Waals surface area contributed by atoms with Crippen LogP contribution in [0.15, 0.2) is 11.1 Å². The first-order chi connectivity index (χ1) is 6.58. The summed E-state index contributed by atoms with van der Waals surface area (Å²) >= 11 is 5.03. The Kier molecular flexibility index (Phi) is 2.80. The number of aliphatic carboxylic acids is 1. The van der Waals surface area contributed by atoms with Crippen molar-refractivity contribution in [3.05, 3.63) is 11.1 Å². The van der Waals surface area contributed by atoms with Crippen molar-refractivity contribution in [1.29, 1.82) is 0 Å². The van der Waals surface area contributed by atoms with Crippen LogP contribution in [-0.4, -0.2) is 17.3 Å². The molecule has 1 fully saturated rings. The van der Waals surface area contributed by atoms with Crippen molar-refractivity contribution in [2.45, 2.75) is 20.0 Å². The summed E-state index contributed by atoms with van der Waals surface area (Å²) in [5, 5.41) is 7.48. The first-order valence-corrected chi connectivity index (χ1v) is 4.63. The summed E-state index contributed by atoms with van der Waals surface area (Å²) in [4.78, 5) is 10.7. The van der Waals surface area contributed by atoms with Crippen LogP contribution >= 0.6 is 11.6 Å². The van der Waals surface area contributed by atoms with Crippen LogP contribution in [0.4, 0.5) is 13.2 Å². The molecule has 1 aliphatic rings. The lowest BCUT2D eigenvalue weighted by Crippen LogP contribution is -2.07. The molecule has 0 heterocycles. The van der Waals surface area contributed by atoms with Crippen LogP contribution in [0.2, 0.25) is 0 Å². The van der Waals surface area contributed by atoms with Crippen LogP contribution in [0.1, 0.15) is 13.8 Å². The van der Waals surface area contributed by atoms with E-state index in [1.54, 1.807) is 13.8 Å². The van der Waals surface area contributed by atoms with Crippen LogP contribution in [0.5, 0.6) is 0 Å². The fourth-order valence-electron chi connectivity index (χ4n) is 1.71. The predicted octanol–water partition coefficient (Wildman–Crippen LogP) is 3.03. The Morgan fingerprint density at radius 2 is 2.00 bits per heavy atom. The summed E-state index contributed by atoms with van der Waals surface area (Å²) in [6.07, 6.45) is -3.80. The molecule has 86 valence electrons. The zero-order valence-electron chi connectivity index (χ0n) is 8.10. The maximum atomic E-state index is 12.1. The molecule has 0 amide bonds. The van der Waals surface area contributed by atoms with Gasteiger partial charge in [0.15, 0.2) is 0 Å². The van der Waals surface area contributed by atoms with Gasteiger partial charge in [0.25, 0.3) is 0 Å². The monoisotopic (exact) mass is 244 g/mol. The van der Waals surface area contributed by atoms with Gasteiger partial charge in [-0.1, -0.05) is 31.5 Å². The standard InChI is InChI=1S/C9H10ClF3O2/c1-8(2)4(6(8)7(14)15)3-5(10)9(11,12)13/h3-4,6H,1-2H3,(H,14,15)/b5-3-/t4-,6-/m0/s1/i6+2. The molecule has 0 aromatic carbocycles. The van der Waals surface area contributed by atoms with Crippen LogP contribution in [0, 0.1) is 17.3 Å². The molecule has 0 radical (unpaired) electrons. The number of allylic oxidation sites excluding steroid dienone is 2. The number of carboxylic acids is 1. The molecule has 2 nitrogen and oxygen atoms in total. The number of carboxylic acid groups (broad SMARTS) is 1. The van der Waals surface area contributed by atoms with E-state index in [0.29, 0.717) is 0 Å². The molecule has 0 aromatic heterocycles. The minimum absolute atomic E-state index is 0.649. The van der Waals surface area contributed by atoms with E-state index in [1.165, 1.54) is 0 Å². The molecular formula is C9H10ClF3O2. The zero-order valence-corrected chi connectivity index (χ0v) is 8.86. The highest BCUT2D eigenvalue weighted by atomic mass is 35.5. The quantitative estimate of drug-likeness (QED) is 0.811. The van der Waals surface area contributed by atoms with Crippen molar-refractivity contribution in [3.8, 4) is 0 Å². The molecule has 1 rings (SSSR count). The Morgan fingerprint density at radius 1 is 1.53 bits per heavy atom. The lowest BCUT2D eigenvalue weighted by Gasteiger charge is -2.04. The molecule has 1 N–H and O–H groups in total. The fourth-order valence-corrected chi connectivity index (χ4v) is 1.85. The molecule has 0 bridgehead atoms. The Labute approximate surface area is 89.7 Å². The highest BCUT2D eigenvalue weighted by molar-refractivity contribution is 6.30. The molecule has 0 aromatic rings. The summed E-state index contributed by atoms with van der Waals surface area (Å²) in [6.45, 7) is 3.21. The molecule has 0 unspecified atom stereocenters. The molecule has 0 saturated heterocycles. The third kappa shape index (κ3) is 2.27. The van der Waals surface area contributed by atoms with Gasteiger partial charge in [0.05, 0.1) is 5.92 Å². The maximum Gasteiger partial charge on any atom is 0.426 e. The second-order valence-electron chi connectivity index (χ2n) is 4.18. The zero-order chi connectivity index (χ0) is 12.0. The van der Waals surface area contributed by atoms with Crippen molar-refractivity contribution in [1.82, 2.24) is 0 Å². The lowest BCUT2D eigenvalue weighted by molar-refractivity contribution is -0.139. The molecule has 15 heavy (non-hydrogen) atoms. The second-order valence-corrected chi connectivity index (χ2v) is 4.58. The summed E-state index contributed by atoms with van der Waals surface area (Å²) in [5.74, 6) is -2.52. The highest BCUT2D eigenvalue weighted by Crippen LogP contribution is 2.60. The average Bonchev–Trinajstić information content (AvgIpc) is 2.50. The van der Waals surface area contributed by atoms with Crippen LogP contribution in [0.3, 0.4) is 0 Å². The van der Waals surface area contributed by atoms with E-state index >= 15 is 0 Å². The van der Waals surface area contributed by atoms with Crippen molar-refractivity contribution < 1.29 is 23.1 Å². The SMILES string of the molecule is CC1(C)[C@@H](/C=C(\Cl)C(F)(F)F)[14C@H]1C(=O)O. The van der Waals surface area contributed by atoms with E-state index in [2.05, 4.69) is 0 Å². The highest BCUT2D eigenvalue weighted by Gasteiger charge is 2.61. The van der Waals surface area contributed by atoms with Gasteiger partial charge in [-0.15, -0.1) is 0 Å². The van der Waals surface area contributed by atoms with Crippen molar-refractivity contribution in [2.24, 2.45) is 17.3 Å². The molecule has 6 heteroatoms. The number of halogens is 4. The molecule has 0 spiro atoms. The Hall–Kier alpha value is -0.710. The molecule has 1 saturated carbocycles. The average molecular weight is 245 g/mol. The number of hydrogen-bond donors (Lipinski definition) is 1. The molecular weight excluding hydrogens is 235 g/mol. The molecule has 1 aliphatic carbocycles. The Balaban J connectivity index is 2.83. The van der Waals surface area contributed by atoms with Gasteiger partial charge in [-0.2, -0.15) is 13.2 Å². The van der Waals surface area contributed by atoms with Crippen LogP contribution < -0.4 is 0 Å². The minimum atomic E-state index is -4.59. The first-order valence-electron chi connectivity index (χ1n) is 4.26. The van der Waals surface area contributed by atoms with Gasteiger partial charge >= 0.3 is 12.1 Å². The molecule has 0 aliphatic heterocycles. The first kappa shape index (κ1) is 12.4. The minimum Gasteiger partial charge on any atom is -0.481 e. The van der Waals surface area contributed by atoms with E-state index in [0.717, 1.165) is 6.08 Å². The second kappa shape index (κ2) is 3.40. The Morgan fingerprint density at radius 3 is 2.27 bits per heavy atom. The largest absolute Gasteiger partial charge is 0.481 e. The van der Waals surface area contributed by atoms with Gasteiger partial charge in [-0.05, 0) is 11.3 Å². The third-order valence-corrected chi connectivity index (χ3v) is 3.11. The summed E-state index contributed by atoms with van der Waals surface area (Å²) in [5.41, 5.74) is -0.656. The van der Waals surface area contributed by atoms with Crippen molar-refractivity contribution in [2.75, 3.05) is 0 Å². The van der Waals surface area contributed by atoms with Crippen LogP contribution in [0.25, 0.3) is 0 Å². The van der Waals surface area contributed by atoms with Gasteiger partial charge in [-0.3, -0.25) is 4.79 Å². The Bertz CT molecular complexity index is 320. The van der Waals surface area contributed by atoms with Gasteiger partial charge in [0.2, 0.25) is 0 Å². The maximum absolute atomic E-state index is 12.1. The van der Waals surface area contributed by atoms with E-state index in [4.69, 9.17) is 16.7 Å². The fraction of sp³-hybridized carbons (Fsp3) is 0.667. The summed E-state index contributed by atoms with van der Waals surface area (Å²) < 4.78 is 36.2. The number of alkyl halides is 3. The van der Waals surface area contributed by atoms with Gasteiger partial charge < -0.3 is 5.11 Å². The summed E-state index contributed by atoms with van der Waals surface area (Å²) in [6, 6.07) is 0. The van der Waals surface area contributed by atoms with Crippen molar-refractivity contribution >= 4 is 17.6 Å². The topological polar surface area (TPSA) is 37.3 Å². The van der Waals surface area contributed by atoms with Gasteiger partial charge in [-0.25, -0.2) is 0 Å². The third-order valence-electron chi connectivity index (χ3n) is 2.77. The molecule has 2 atom stereocenters. The van der Waals surface area contributed by atoms with E-state index in [9.17, 15) is 18.0 Å². The number of hydrogen-bond acceptors (Lipinski definition) is 1. The van der Waals surface area contributed by atoms with Gasteiger partial charge in [0.1, 0.15) is 5.03 Å². The lowest BCUT2D eigenvalue weighted by atomic mass is 10.1. The number of rotatable bonds is 2. The predicted molar refractivity (Wildman–Crippen MR) is 48.4 cm³/mol. The van der Waals surface area contributed by atoms with E-state index in [-0.39, 0.29) is 0 Å². The van der Waals surface area contributed by atoms with Gasteiger partial charge in [0, 0.05) is 0 Å². The van der Waals surface area contributed by atoms with Crippen molar-refractivity contribution in [3.63, 3.8) is 0 Å².